The van der Waals surface area contributed by atoms with Crippen molar-refractivity contribution in [1.29, 1.82) is 0 Å². The molecule has 0 aliphatic heterocycles. The summed E-state index contributed by atoms with van der Waals surface area (Å²) in [5.41, 5.74) is 2.47. The van der Waals surface area contributed by atoms with Crippen LogP contribution < -0.4 is 15.4 Å². The maximum atomic E-state index is 5.43. The van der Waals surface area contributed by atoms with Crippen molar-refractivity contribution in [3.05, 3.63) is 29.3 Å². The summed E-state index contributed by atoms with van der Waals surface area (Å²) in [5.74, 6) is 1.79. The first kappa shape index (κ1) is 20.3. The van der Waals surface area contributed by atoms with Crippen LogP contribution in [0.5, 0.6) is 5.75 Å². The van der Waals surface area contributed by atoms with Gasteiger partial charge in [0.25, 0.3) is 0 Å². The number of benzene rings is 1. The van der Waals surface area contributed by atoms with Gasteiger partial charge in [0.05, 0.1) is 7.11 Å². The second kappa shape index (κ2) is 10.9. The number of aliphatic imine (C=N–C) groups is 1. The lowest BCUT2D eigenvalue weighted by Gasteiger charge is -2.24. The number of hydrogen-bond acceptors (Lipinski definition) is 3. The molecule has 0 radical (unpaired) electrons. The molecule has 2 N–H and O–H groups in total. The maximum absolute atomic E-state index is 5.43. The van der Waals surface area contributed by atoms with E-state index in [0.717, 1.165) is 37.8 Å². The van der Waals surface area contributed by atoms with Gasteiger partial charge in [-0.1, -0.05) is 24.6 Å². The highest BCUT2D eigenvalue weighted by Crippen LogP contribution is 2.19. The first-order valence-corrected chi connectivity index (χ1v) is 8.80. The molecular weight excluding hydrogens is 300 g/mol. The second-order valence-corrected chi connectivity index (χ2v) is 6.23. The lowest BCUT2D eigenvalue weighted by Crippen LogP contribution is -2.42. The fourth-order valence-corrected chi connectivity index (χ4v) is 2.52. The first-order chi connectivity index (χ1) is 11.5. The van der Waals surface area contributed by atoms with Crippen molar-refractivity contribution in [3.63, 3.8) is 0 Å². The molecule has 5 nitrogen and oxygen atoms in total. The molecule has 0 amide bonds. The highest BCUT2D eigenvalue weighted by atomic mass is 16.5. The molecule has 0 aliphatic rings. The fraction of sp³-hybridized carbons (Fsp3) is 0.632. The van der Waals surface area contributed by atoms with Crippen LogP contribution in [0.1, 0.15) is 31.4 Å². The quantitative estimate of drug-likeness (QED) is 0.538. The van der Waals surface area contributed by atoms with E-state index in [9.17, 15) is 0 Å². The van der Waals surface area contributed by atoms with Gasteiger partial charge < -0.3 is 20.3 Å². The number of nitrogens with one attached hydrogen (secondary N) is 2. The zero-order valence-electron chi connectivity index (χ0n) is 16.1. The SMILES string of the molecule is CCC(C)N(C)CCNC(=NC)NCCc1cc(C)ccc1OC. The molecule has 5 heteroatoms. The number of nitrogens with zero attached hydrogens (tertiary/aromatic N) is 2. The predicted molar refractivity (Wildman–Crippen MR) is 103 cm³/mol. The van der Waals surface area contributed by atoms with Crippen molar-refractivity contribution >= 4 is 5.96 Å². The summed E-state index contributed by atoms with van der Waals surface area (Å²) in [6.45, 7) is 9.28. The number of methoxy groups -OCH3 is 1. The van der Waals surface area contributed by atoms with E-state index < -0.39 is 0 Å². The average molecular weight is 335 g/mol. The maximum Gasteiger partial charge on any atom is 0.191 e. The first-order valence-electron chi connectivity index (χ1n) is 8.80. The molecule has 0 aliphatic carbocycles. The van der Waals surface area contributed by atoms with E-state index >= 15 is 0 Å². The Balaban J connectivity index is 2.38. The minimum absolute atomic E-state index is 0.607. The molecule has 0 bridgehead atoms. The van der Waals surface area contributed by atoms with Crippen molar-refractivity contribution < 1.29 is 4.74 Å². The van der Waals surface area contributed by atoms with Gasteiger partial charge >= 0.3 is 0 Å². The van der Waals surface area contributed by atoms with E-state index in [-0.39, 0.29) is 0 Å². The van der Waals surface area contributed by atoms with E-state index in [1.54, 1.807) is 14.2 Å². The summed E-state index contributed by atoms with van der Waals surface area (Å²) >= 11 is 0. The molecule has 0 heterocycles. The van der Waals surface area contributed by atoms with E-state index in [1.165, 1.54) is 17.5 Å². The number of aryl methyl sites for hydroxylation is 1. The Bertz CT molecular complexity index is 516. The van der Waals surface area contributed by atoms with Crippen LogP contribution in [0, 0.1) is 6.92 Å². The summed E-state index contributed by atoms with van der Waals surface area (Å²) in [5, 5.41) is 6.74. The van der Waals surface area contributed by atoms with Gasteiger partial charge in [0.2, 0.25) is 0 Å². The summed E-state index contributed by atoms with van der Waals surface area (Å²) in [6.07, 6.45) is 2.07. The Hall–Kier alpha value is -1.75. The van der Waals surface area contributed by atoms with E-state index in [4.69, 9.17) is 4.74 Å². The molecule has 1 rings (SSSR count). The summed E-state index contributed by atoms with van der Waals surface area (Å²) in [7, 11) is 5.69. The number of guanidine groups is 1. The summed E-state index contributed by atoms with van der Waals surface area (Å²) in [4.78, 5) is 6.64. The molecule has 0 fully saturated rings. The minimum Gasteiger partial charge on any atom is -0.496 e. The van der Waals surface area contributed by atoms with Crippen LogP contribution >= 0.6 is 0 Å². The van der Waals surface area contributed by atoms with Crippen molar-refractivity contribution in [2.75, 3.05) is 40.8 Å². The van der Waals surface area contributed by atoms with E-state index in [1.807, 2.05) is 6.07 Å². The minimum atomic E-state index is 0.607. The molecular formula is C19H34N4O. The smallest absolute Gasteiger partial charge is 0.191 e. The molecule has 1 aromatic rings. The molecule has 24 heavy (non-hydrogen) atoms. The van der Waals surface area contributed by atoms with Gasteiger partial charge in [0.15, 0.2) is 5.96 Å². The van der Waals surface area contributed by atoms with Crippen LogP contribution in [-0.2, 0) is 6.42 Å². The van der Waals surface area contributed by atoms with Crippen molar-refractivity contribution in [2.24, 2.45) is 4.99 Å². The Morgan fingerprint density at radius 2 is 2.00 bits per heavy atom. The third-order valence-electron chi connectivity index (χ3n) is 4.45. The van der Waals surface area contributed by atoms with Gasteiger partial charge in [-0.15, -0.1) is 0 Å². The van der Waals surface area contributed by atoms with Gasteiger partial charge in [-0.05, 0) is 45.4 Å². The molecule has 0 saturated carbocycles. The fourth-order valence-electron chi connectivity index (χ4n) is 2.52. The number of likely N-dealkylation sites (N-methyl/N-ethyl adjacent to an activating group) is 1. The molecule has 1 atom stereocenters. The van der Waals surface area contributed by atoms with Crippen LogP contribution in [0.3, 0.4) is 0 Å². The van der Waals surface area contributed by atoms with Crippen LogP contribution in [0.2, 0.25) is 0 Å². The monoisotopic (exact) mass is 334 g/mol. The van der Waals surface area contributed by atoms with Gasteiger partial charge in [0.1, 0.15) is 5.75 Å². The molecule has 0 saturated heterocycles. The molecule has 1 unspecified atom stereocenters. The average Bonchev–Trinajstić information content (AvgIpc) is 2.59. The van der Waals surface area contributed by atoms with Gasteiger partial charge in [-0.25, -0.2) is 0 Å². The van der Waals surface area contributed by atoms with Crippen LogP contribution in [-0.4, -0.2) is 57.7 Å². The Labute approximate surface area is 147 Å². The predicted octanol–water partition coefficient (Wildman–Crippen LogP) is 2.44. The van der Waals surface area contributed by atoms with Gasteiger partial charge in [-0.3, -0.25) is 4.99 Å². The van der Waals surface area contributed by atoms with Crippen LogP contribution in [0.4, 0.5) is 0 Å². The molecule has 136 valence electrons. The lowest BCUT2D eigenvalue weighted by molar-refractivity contribution is 0.255. The third kappa shape index (κ3) is 6.79. The number of rotatable bonds is 9. The Morgan fingerprint density at radius 1 is 1.29 bits per heavy atom. The van der Waals surface area contributed by atoms with Crippen LogP contribution in [0.25, 0.3) is 0 Å². The number of ether oxygens (including phenoxy) is 1. The standard InChI is InChI=1S/C19H34N4O/c1-7-16(3)23(5)13-12-22-19(20-4)21-11-10-17-14-15(2)8-9-18(17)24-6/h8-9,14,16H,7,10-13H2,1-6H3,(H2,20,21,22). The van der Waals surface area contributed by atoms with Crippen molar-refractivity contribution in [3.8, 4) is 5.75 Å². The molecule has 1 aromatic carbocycles. The highest BCUT2D eigenvalue weighted by molar-refractivity contribution is 5.79. The zero-order valence-corrected chi connectivity index (χ0v) is 16.1. The van der Waals surface area contributed by atoms with E-state index in [0.29, 0.717) is 6.04 Å². The topological polar surface area (TPSA) is 48.9 Å². The summed E-state index contributed by atoms with van der Waals surface area (Å²) in [6, 6.07) is 6.89. The third-order valence-corrected chi connectivity index (χ3v) is 4.45. The number of hydrogen-bond donors (Lipinski definition) is 2. The van der Waals surface area contributed by atoms with E-state index in [2.05, 4.69) is 60.5 Å². The van der Waals surface area contributed by atoms with Gasteiger partial charge in [-0.2, -0.15) is 0 Å². The van der Waals surface area contributed by atoms with Crippen molar-refractivity contribution in [1.82, 2.24) is 15.5 Å². The molecule has 0 aromatic heterocycles. The largest absolute Gasteiger partial charge is 0.496 e. The lowest BCUT2D eigenvalue weighted by atomic mass is 10.1. The van der Waals surface area contributed by atoms with Crippen LogP contribution in [0.15, 0.2) is 23.2 Å². The Morgan fingerprint density at radius 3 is 2.62 bits per heavy atom. The molecule has 0 spiro atoms. The van der Waals surface area contributed by atoms with Crippen molar-refractivity contribution in [2.45, 2.75) is 39.7 Å². The zero-order chi connectivity index (χ0) is 17.9. The Kier molecular flexibility index (Phi) is 9.23. The normalized spacial score (nSPS) is 13.0. The van der Waals surface area contributed by atoms with Gasteiger partial charge in [0, 0.05) is 32.7 Å². The summed E-state index contributed by atoms with van der Waals surface area (Å²) < 4.78 is 5.43. The second-order valence-electron chi connectivity index (χ2n) is 6.23. The highest BCUT2D eigenvalue weighted by Gasteiger charge is 2.07.